The molecule has 1 N–H and O–H groups in total. The Kier molecular flexibility index (Phi) is 3.68. The van der Waals surface area contributed by atoms with Gasteiger partial charge in [-0.1, -0.05) is 17.4 Å². The van der Waals surface area contributed by atoms with Crippen LogP contribution < -0.4 is 5.32 Å². The molecule has 0 unspecified atom stereocenters. The summed E-state index contributed by atoms with van der Waals surface area (Å²) in [7, 11) is 0. The first-order valence-corrected chi connectivity index (χ1v) is 9.39. The molecular weight excluding hydrogens is 346 g/mol. The van der Waals surface area contributed by atoms with Crippen molar-refractivity contribution in [3.63, 3.8) is 0 Å². The summed E-state index contributed by atoms with van der Waals surface area (Å²) in [4.78, 5) is 22.0. The van der Waals surface area contributed by atoms with Gasteiger partial charge in [-0.05, 0) is 36.6 Å². The predicted molar refractivity (Wildman–Crippen MR) is 99.5 cm³/mol. The Morgan fingerprint density at radius 2 is 1.91 bits per heavy atom. The fourth-order valence-electron chi connectivity index (χ4n) is 2.23. The van der Waals surface area contributed by atoms with E-state index in [1.807, 2.05) is 36.6 Å². The molecule has 0 fully saturated rings. The first-order valence-electron chi connectivity index (χ1n) is 6.88. The van der Waals surface area contributed by atoms with Crippen LogP contribution in [0, 0.1) is 6.92 Å². The molecule has 1 amide bonds. The van der Waals surface area contributed by atoms with Crippen LogP contribution in [0.5, 0.6) is 0 Å². The van der Waals surface area contributed by atoms with Crippen molar-refractivity contribution in [3.05, 3.63) is 45.6 Å². The third kappa shape index (κ3) is 2.90. The van der Waals surface area contributed by atoms with Crippen molar-refractivity contribution >= 4 is 71.6 Å². The zero-order valence-corrected chi connectivity index (χ0v) is 14.5. The van der Waals surface area contributed by atoms with Crippen LogP contribution in [0.1, 0.15) is 9.88 Å². The average Bonchev–Trinajstić information content (AvgIpc) is 3.22. The smallest absolute Gasteiger partial charge is 0.250 e. The first kappa shape index (κ1) is 14.5. The Hall–Kier alpha value is -2.09. The summed E-state index contributed by atoms with van der Waals surface area (Å²) in [5.41, 5.74) is 1.88. The minimum Gasteiger partial charge on any atom is -0.298 e. The highest BCUT2D eigenvalue weighted by Gasteiger charge is 2.11. The van der Waals surface area contributed by atoms with Gasteiger partial charge in [0.2, 0.25) is 5.91 Å². The molecule has 0 spiro atoms. The van der Waals surface area contributed by atoms with E-state index in [4.69, 9.17) is 0 Å². The molecule has 0 saturated heterocycles. The van der Waals surface area contributed by atoms with E-state index >= 15 is 0 Å². The number of nitrogens with zero attached hydrogens (tertiary/aromatic N) is 2. The number of nitrogens with one attached hydrogen (secondary N) is 1. The lowest BCUT2D eigenvalue weighted by molar-refractivity contribution is -0.111. The van der Waals surface area contributed by atoms with Crippen LogP contribution in [-0.2, 0) is 4.79 Å². The van der Waals surface area contributed by atoms with Gasteiger partial charge in [-0.25, -0.2) is 9.97 Å². The molecule has 4 nitrogen and oxygen atoms in total. The Morgan fingerprint density at radius 1 is 1.13 bits per heavy atom. The minimum absolute atomic E-state index is 0.172. The molecule has 0 saturated carbocycles. The highest BCUT2D eigenvalue weighted by atomic mass is 32.1. The number of anilines is 1. The lowest BCUT2D eigenvalue weighted by atomic mass is 10.3. The molecule has 0 aliphatic heterocycles. The third-order valence-corrected chi connectivity index (χ3v) is 6.17. The van der Waals surface area contributed by atoms with E-state index in [0.717, 1.165) is 30.3 Å². The molecule has 4 aromatic rings. The van der Waals surface area contributed by atoms with Crippen molar-refractivity contribution in [2.45, 2.75) is 6.92 Å². The molecule has 3 aromatic heterocycles. The van der Waals surface area contributed by atoms with Crippen molar-refractivity contribution in [2.75, 3.05) is 5.32 Å². The van der Waals surface area contributed by atoms with Gasteiger partial charge in [-0.2, -0.15) is 0 Å². The fourth-order valence-corrected chi connectivity index (χ4v) is 4.86. The minimum atomic E-state index is -0.172. The normalized spacial score (nSPS) is 11.7. The summed E-state index contributed by atoms with van der Waals surface area (Å²) in [5.74, 6) is -0.172. The maximum Gasteiger partial charge on any atom is 0.250 e. The van der Waals surface area contributed by atoms with E-state index in [0.29, 0.717) is 5.13 Å². The second-order valence-corrected chi connectivity index (χ2v) is 8.03. The number of fused-ring (bicyclic) bond motifs is 3. The molecule has 3 heterocycles. The molecule has 0 radical (unpaired) electrons. The fraction of sp³-hybridized carbons (Fsp3) is 0.0625. The number of hydrogen-bond acceptors (Lipinski definition) is 6. The van der Waals surface area contributed by atoms with Crippen molar-refractivity contribution in [3.8, 4) is 0 Å². The van der Waals surface area contributed by atoms with Gasteiger partial charge in [0, 0.05) is 11.0 Å². The lowest BCUT2D eigenvalue weighted by Crippen LogP contribution is -2.06. The third-order valence-electron chi connectivity index (χ3n) is 3.19. The van der Waals surface area contributed by atoms with Crippen molar-refractivity contribution in [1.29, 1.82) is 0 Å². The van der Waals surface area contributed by atoms with Crippen LogP contribution in [0.4, 0.5) is 5.13 Å². The largest absolute Gasteiger partial charge is 0.298 e. The quantitative estimate of drug-likeness (QED) is 0.529. The number of thiazole rings is 2. The number of thiophene rings is 1. The van der Waals surface area contributed by atoms with Gasteiger partial charge in [0.15, 0.2) is 5.13 Å². The average molecular weight is 357 g/mol. The molecular formula is C16H11N3OS3. The second kappa shape index (κ2) is 5.84. The van der Waals surface area contributed by atoms with Gasteiger partial charge >= 0.3 is 0 Å². The number of amides is 1. The zero-order chi connectivity index (χ0) is 15.8. The van der Waals surface area contributed by atoms with Crippen LogP contribution in [-0.4, -0.2) is 15.9 Å². The highest BCUT2D eigenvalue weighted by Crippen LogP contribution is 2.35. The van der Waals surface area contributed by atoms with E-state index in [1.54, 1.807) is 28.7 Å². The number of rotatable bonds is 3. The Labute approximate surface area is 144 Å². The van der Waals surface area contributed by atoms with E-state index in [-0.39, 0.29) is 5.91 Å². The number of carbonyl (C=O) groups is 1. The summed E-state index contributed by atoms with van der Waals surface area (Å²) in [6, 6.07) is 7.85. The lowest BCUT2D eigenvalue weighted by Gasteiger charge is -1.94. The summed E-state index contributed by atoms with van der Waals surface area (Å²) < 4.78 is 2.21. The summed E-state index contributed by atoms with van der Waals surface area (Å²) in [5, 5.41) is 6.46. The number of benzene rings is 1. The standard InChI is InChI=1S/C16H11N3OS3/c1-9-17-11-5-6-12-15(14(11)22-9)23-16(18-12)19-13(20)7-4-10-3-2-8-21-10/h2-8H,1H3,(H,18,19,20)/b7-4+. The molecule has 114 valence electrons. The van der Waals surface area contributed by atoms with E-state index in [1.165, 1.54) is 17.4 Å². The van der Waals surface area contributed by atoms with Crippen LogP contribution in [0.3, 0.4) is 0 Å². The maximum atomic E-state index is 12.0. The maximum absolute atomic E-state index is 12.0. The van der Waals surface area contributed by atoms with Gasteiger partial charge in [-0.3, -0.25) is 10.1 Å². The van der Waals surface area contributed by atoms with Gasteiger partial charge in [0.1, 0.15) is 0 Å². The highest BCUT2D eigenvalue weighted by molar-refractivity contribution is 7.28. The Balaban J connectivity index is 1.61. The number of aromatic nitrogens is 2. The molecule has 0 bridgehead atoms. The van der Waals surface area contributed by atoms with Crippen LogP contribution in [0.25, 0.3) is 26.5 Å². The first-order chi connectivity index (χ1) is 11.2. The van der Waals surface area contributed by atoms with Crippen LogP contribution in [0.2, 0.25) is 0 Å². The van der Waals surface area contributed by atoms with Crippen LogP contribution in [0.15, 0.2) is 35.7 Å². The van der Waals surface area contributed by atoms with Crippen molar-refractivity contribution < 1.29 is 4.79 Å². The van der Waals surface area contributed by atoms with E-state index in [9.17, 15) is 4.79 Å². The van der Waals surface area contributed by atoms with Gasteiger partial charge in [-0.15, -0.1) is 22.7 Å². The number of hydrogen-bond donors (Lipinski definition) is 1. The monoisotopic (exact) mass is 357 g/mol. The number of carbonyl (C=O) groups excluding carboxylic acids is 1. The Morgan fingerprint density at radius 3 is 2.70 bits per heavy atom. The SMILES string of the molecule is Cc1nc2ccc3nc(NC(=O)/C=C/c4cccs4)sc3c2s1. The van der Waals surface area contributed by atoms with Crippen molar-refractivity contribution in [1.82, 2.24) is 9.97 Å². The molecule has 0 aliphatic rings. The Bertz CT molecular complexity index is 1030. The molecule has 7 heteroatoms. The van der Waals surface area contributed by atoms with E-state index in [2.05, 4.69) is 15.3 Å². The second-order valence-electron chi connectivity index (χ2n) is 4.85. The van der Waals surface area contributed by atoms with Gasteiger partial charge < -0.3 is 0 Å². The van der Waals surface area contributed by atoms with E-state index < -0.39 is 0 Å². The molecule has 0 aliphatic carbocycles. The molecule has 0 atom stereocenters. The van der Waals surface area contributed by atoms with Crippen molar-refractivity contribution in [2.24, 2.45) is 0 Å². The topological polar surface area (TPSA) is 54.9 Å². The number of aryl methyl sites for hydroxylation is 1. The summed E-state index contributed by atoms with van der Waals surface area (Å²) >= 11 is 4.74. The zero-order valence-electron chi connectivity index (χ0n) is 12.1. The molecule has 1 aromatic carbocycles. The molecule has 23 heavy (non-hydrogen) atoms. The van der Waals surface area contributed by atoms with Crippen LogP contribution >= 0.6 is 34.0 Å². The van der Waals surface area contributed by atoms with Gasteiger partial charge in [0.25, 0.3) is 0 Å². The summed E-state index contributed by atoms with van der Waals surface area (Å²) in [6.45, 7) is 2.00. The molecule has 4 rings (SSSR count). The predicted octanol–water partition coefficient (Wildman–Crippen LogP) is 4.93. The van der Waals surface area contributed by atoms with Gasteiger partial charge in [0.05, 0.1) is 25.4 Å². The summed E-state index contributed by atoms with van der Waals surface area (Å²) in [6.07, 6.45) is 3.34.